The highest BCUT2D eigenvalue weighted by atomic mass is 16.3. The van der Waals surface area contributed by atoms with Crippen molar-refractivity contribution in [3.8, 4) is 5.75 Å². The molecule has 1 aromatic carbocycles. The van der Waals surface area contributed by atoms with E-state index >= 15 is 0 Å². The molecule has 0 aromatic heterocycles. The van der Waals surface area contributed by atoms with Crippen LogP contribution in [0, 0.1) is 0 Å². The lowest BCUT2D eigenvalue weighted by Crippen LogP contribution is -1.96. The molecule has 0 amide bonds. The zero-order valence-corrected chi connectivity index (χ0v) is 8.49. The standard InChI is InChI=1S/C12H16O2/c1-2-11(13)7-3-5-10-6-4-8-12(14)9-10/h4,6,8-9,14H,2-3,5,7H2,1H3. The minimum Gasteiger partial charge on any atom is -0.508 e. The maximum Gasteiger partial charge on any atom is 0.132 e. The first-order chi connectivity index (χ1) is 6.72. The van der Waals surface area contributed by atoms with Crippen LogP contribution in [0.4, 0.5) is 0 Å². The molecule has 0 saturated heterocycles. The number of phenols is 1. The fourth-order valence-electron chi connectivity index (χ4n) is 1.38. The van der Waals surface area contributed by atoms with Gasteiger partial charge in [0, 0.05) is 12.8 Å². The summed E-state index contributed by atoms with van der Waals surface area (Å²) in [7, 11) is 0. The first-order valence-electron chi connectivity index (χ1n) is 5.02. The lowest BCUT2D eigenvalue weighted by molar-refractivity contribution is -0.118. The maximum absolute atomic E-state index is 11.0. The van der Waals surface area contributed by atoms with Crippen LogP contribution in [0.2, 0.25) is 0 Å². The normalized spacial score (nSPS) is 10.1. The van der Waals surface area contributed by atoms with Crippen molar-refractivity contribution in [2.24, 2.45) is 0 Å². The van der Waals surface area contributed by atoms with E-state index in [2.05, 4.69) is 0 Å². The van der Waals surface area contributed by atoms with Crippen molar-refractivity contribution in [3.05, 3.63) is 29.8 Å². The van der Waals surface area contributed by atoms with E-state index in [1.54, 1.807) is 12.1 Å². The van der Waals surface area contributed by atoms with E-state index in [9.17, 15) is 9.90 Å². The van der Waals surface area contributed by atoms with Gasteiger partial charge in [0.1, 0.15) is 11.5 Å². The molecule has 1 N–H and O–H groups in total. The average Bonchev–Trinajstić information content (AvgIpc) is 2.17. The molecule has 0 spiro atoms. The van der Waals surface area contributed by atoms with Gasteiger partial charge < -0.3 is 5.11 Å². The Balaban J connectivity index is 2.35. The molecule has 0 fully saturated rings. The van der Waals surface area contributed by atoms with Gasteiger partial charge in [-0.2, -0.15) is 0 Å². The number of ketones is 1. The van der Waals surface area contributed by atoms with Gasteiger partial charge in [-0.05, 0) is 30.5 Å². The van der Waals surface area contributed by atoms with Gasteiger partial charge in [-0.25, -0.2) is 0 Å². The molecule has 2 nitrogen and oxygen atoms in total. The van der Waals surface area contributed by atoms with Crippen LogP contribution in [-0.4, -0.2) is 10.9 Å². The van der Waals surface area contributed by atoms with E-state index in [0.29, 0.717) is 24.4 Å². The lowest BCUT2D eigenvalue weighted by Gasteiger charge is -2.01. The Morgan fingerprint density at radius 3 is 2.86 bits per heavy atom. The number of Topliss-reactive ketones (excluding diaryl/α,β-unsaturated/α-hetero) is 1. The van der Waals surface area contributed by atoms with Gasteiger partial charge in [0.05, 0.1) is 0 Å². The molecule has 0 radical (unpaired) electrons. The predicted octanol–water partition coefficient (Wildman–Crippen LogP) is 2.69. The summed E-state index contributed by atoms with van der Waals surface area (Å²) >= 11 is 0. The summed E-state index contributed by atoms with van der Waals surface area (Å²) in [4.78, 5) is 11.0. The molecule has 0 aliphatic heterocycles. The molecular formula is C12H16O2. The number of hydrogen-bond donors (Lipinski definition) is 1. The average molecular weight is 192 g/mol. The Kier molecular flexibility index (Phi) is 4.17. The predicted molar refractivity (Wildman–Crippen MR) is 56.3 cm³/mol. The summed E-state index contributed by atoms with van der Waals surface area (Å²) in [6.45, 7) is 1.89. The molecule has 76 valence electrons. The highest BCUT2D eigenvalue weighted by molar-refractivity contribution is 5.77. The zero-order chi connectivity index (χ0) is 10.4. The highest BCUT2D eigenvalue weighted by Gasteiger charge is 1.99. The zero-order valence-electron chi connectivity index (χ0n) is 8.49. The van der Waals surface area contributed by atoms with E-state index in [4.69, 9.17) is 0 Å². The quantitative estimate of drug-likeness (QED) is 0.778. The molecule has 0 aliphatic rings. The van der Waals surface area contributed by atoms with E-state index in [1.165, 1.54) is 0 Å². The smallest absolute Gasteiger partial charge is 0.132 e. The lowest BCUT2D eigenvalue weighted by atomic mass is 10.1. The molecule has 0 unspecified atom stereocenters. The van der Waals surface area contributed by atoms with Crippen molar-refractivity contribution in [2.45, 2.75) is 32.6 Å². The molecular weight excluding hydrogens is 176 g/mol. The van der Waals surface area contributed by atoms with Crippen molar-refractivity contribution < 1.29 is 9.90 Å². The van der Waals surface area contributed by atoms with Crippen LogP contribution >= 0.6 is 0 Å². The third-order valence-electron chi connectivity index (χ3n) is 2.23. The fraction of sp³-hybridized carbons (Fsp3) is 0.417. The highest BCUT2D eigenvalue weighted by Crippen LogP contribution is 2.13. The van der Waals surface area contributed by atoms with E-state index < -0.39 is 0 Å². The first-order valence-corrected chi connectivity index (χ1v) is 5.02. The molecule has 1 rings (SSSR count). The molecule has 0 aliphatic carbocycles. The van der Waals surface area contributed by atoms with Crippen LogP contribution in [0.15, 0.2) is 24.3 Å². The minimum atomic E-state index is 0.296. The minimum absolute atomic E-state index is 0.296. The molecule has 0 saturated carbocycles. The maximum atomic E-state index is 11.0. The van der Waals surface area contributed by atoms with Gasteiger partial charge in [0.15, 0.2) is 0 Å². The molecule has 14 heavy (non-hydrogen) atoms. The number of hydrogen-bond acceptors (Lipinski definition) is 2. The summed E-state index contributed by atoms with van der Waals surface area (Å²) in [5.41, 5.74) is 1.09. The molecule has 0 atom stereocenters. The third-order valence-corrected chi connectivity index (χ3v) is 2.23. The van der Waals surface area contributed by atoms with Crippen molar-refractivity contribution in [2.75, 3.05) is 0 Å². The molecule has 2 heteroatoms. The summed E-state index contributed by atoms with van der Waals surface area (Å²) in [6.07, 6.45) is 3.00. The van der Waals surface area contributed by atoms with Crippen LogP contribution in [0.1, 0.15) is 31.7 Å². The second-order valence-electron chi connectivity index (χ2n) is 3.42. The Bertz CT molecular complexity index is 305. The van der Waals surface area contributed by atoms with E-state index in [1.807, 2.05) is 19.1 Å². The monoisotopic (exact) mass is 192 g/mol. The van der Waals surface area contributed by atoms with Gasteiger partial charge in [-0.3, -0.25) is 4.79 Å². The number of phenolic OH excluding ortho intramolecular Hbond substituents is 1. The van der Waals surface area contributed by atoms with Crippen LogP contribution in [0.5, 0.6) is 5.75 Å². The van der Waals surface area contributed by atoms with E-state index in [0.717, 1.165) is 18.4 Å². The molecule has 1 aromatic rings. The van der Waals surface area contributed by atoms with Crippen molar-refractivity contribution >= 4 is 5.78 Å². The summed E-state index contributed by atoms with van der Waals surface area (Å²) in [5.74, 6) is 0.606. The van der Waals surface area contributed by atoms with Crippen LogP contribution in [0.3, 0.4) is 0 Å². The SMILES string of the molecule is CCC(=O)CCCc1cccc(O)c1. The second-order valence-corrected chi connectivity index (χ2v) is 3.42. The second kappa shape index (κ2) is 5.43. The van der Waals surface area contributed by atoms with Gasteiger partial charge in [-0.15, -0.1) is 0 Å². The third kappa shape index (κ3) is 3.60. The summed E-state index contributed by atoms with van der Waals surface area (Å²) in [5, 5.41) is 9.20. The number of benzene rings is 1. The number of aryl methyl sites for hydroxylation is 1. The largest absolute Gasteiger partial charge is 0.508 e. The number of carbonyl (C=O) groups excluding carboxylic acids is 1. The Hall–Kier alpha value is -1.31. The topological polar surface area (TPSA) is 37.3 Å². The Morgan fingerprint density at radius 1 is 1.43 bits per heavy atom. The molecule has 0 bridgehead atoms. The summed E-state index contributed by atoms with van der Waals surface area (Å²) < 4.78 is 0. The van der Waals surface area contributed by atoms with Gasteiger partial charge in [-0.1, -0.05) is 19.1 Å². The van der Waals surface area contributed by atoms with Gasteiger partial charge >= 0.3 is 0 Å². The van der Waals surface area contributed by atoms with Crippen LogP contribution < -0.4 is 0 Å². The number of carbonyl (C=O) groups is 1. The number of aromatic hydroxyl groups is 1. The van der Waals surface area contributed by atoms with Crippen LogP contribution in [-0.2, 0) is 11.2 Å². The molecule has 0 heterocycles. The first kappa shape index (κ1) is 10.8. The van der Waals surface area contributed by atoms with Crippen LogP contribution in [0.25, 0.3) is 0 Å². The Morgan fingerprint density at radius 2 is 2.21 bits per heavy atom. The van der Waals surface area contributed by atoms with Gasteiger partial charge in [0.25, 0.3) is 0 Å². The van der Waals surface area contributed by atoms with Crippen molar-refractivity contribution in [1.29, 1.82) is 0 Å². The van der Waals surface area contributed by atoms with E-state index in [-0.39, 0.29) is 0 Å². The summed E-state index contributed by atoms with van der Waals surface area (Å²) in [6, 6.07) is 7.19. The Labute approximate surface area is 84.6 Å². The van der Waals surface area contributed by atoms with Gasteiger partial charge in [0.2, 0.25) is 0 Å². The van der Waals surface area contributed by atoms with Crippen molar-refractivity contribution in [3.63, 3.8) is 0 Å². The number of rotatable bonds is 5. The van der Waals surface area contributed by atoms with Crippen molar-refractivity contribution in [1.82, 2.24) is 0 Å². The fourth-order valence-corrected chi connectivity index (χ4v) is 1.38.